The first-order valence-electron chi connectivity index (χ1n) is 8.95. The second kappa shape index (κ2) is 4.35. The molecular weight excluding hydrogens is 272 g/mol. The van der Waals surface area contributed by atoms with Gasteiger partial charge in [0.15, 0.2) is 5.78 Å². The minimum absolute atomic E-state index is 0.0310. The lowest BCUT2D eigenvalue weighted by Gasteiger charge is -2.54. The number of fused-ring (bicyclic) bond motifs is 5. The van der Waals surface area contributed by atoms with Gasteiger partial charge >= 0.3 is 0 Å². The van der Waals surface area contributed by atoms with Crippen LogP contribution in [0.2, 0.25) is 0 Å². The molecule has 5 atom stereocenters. The number of hydrogen-bond donors (Lipinski definition) is 1. The third-order valence-corrected chi connectivity index (χ3v) is 7.90. The molecule has 0 unspecified atom stereocenters. The number of allylic oxidation sites excluding steroid dienone is 4. The quantitative estimate of drug-likeness (QED) is 0.681. The van der Waals surface area contributed by atoms with Gasteiger partial charge in [0.25, 0.3) is 0 Å². The molecule has 2 nitrogen and oxygen atoms in total. The van der Waals surface area contributed by atoms with E-state index in [1.807, 2.05) is 13.0 Å². The summed E-state index contributed by atoms with van der Waals surface area (Å²) in [5.41, 5.74) is 2.59. The molecule has 4 aliphatic rings. The van der Waals surface area contributed by atoms with Gasteiger partial charge in [-0.3, -0.25) is 4.79 Å². The Morgan fingerprint density at radius 3 is 2.68 bits per heavy atom. The molecule has 120 valence electrons. The van der Waals surface area contributed by atoms with Crippen LogP contribution in [0.4, 0.5) is 0 Å². The highest BCUT2D eigenvalue weighted by Crippen LogP contribution is 2.65. The predicted molar refractivity (Wildman–Crippen MR) is 87.3 cm³/mol. The van der Waals surface area contributed by atoms with Crippen molar-refractivity contribution in [3.8, 4) is 0 Å². The van der Waals surface area contributed by atoms with E-state index in [9.17, 15) is 9.90 Å². The zero-order valence-electron chi connectivity index (χ0n) is 14.1. The second-order valence-corrected chi connectivity index (χ2v) is 8.81. The number of carbonyl (C=O) groups is 1. The fraction of sp³-hybridized carbons (Fsp3) is 0.750. The average molecular weight is 300 g/mol. The minimum Gasteiger partial charge on any atom is -0.390 e. The monoisotopic (exact) mass is 300 g/mol. The summed E-state index contributed by atoms with van der Waals surface area (Å²) in [7, 11) is 0. The Morgan fingerprint density at radius 1 is 1.14 bits per heavy atom. The van der Waals surface area contributed by atoms with Crippen LogP contribution >= 0.6 is 0 Å². The van der Waals surface area contributed by atoms with E-state index in [1.54, 1.807) is 5.57 Å². The number of rotatable bonds is 0. The highest BCUT2D eigenvalue weighted by molar-refractivity contribution is 5.92. The standard InChI is InChI=1S/C20H28O2/c1-18-9-6-14(21)12-13(18)4-5-15-16(18)7-10-19(2)17(15)8-11-20(19,3)22/h7,12,15,17,22H,4-6,8-11H2,1-3H3/t15-,17+,18+,19-,20-/m1/s1. The summed E-state index contributed by atoms with van der Waals surface area (Å²) in [6.45, 7) is 6.70. The smallest absolute Gasteiger partial charge is 0.155 e. The number of hydrogen-bond acceptors (Lipinski definition) is 2. The summed E-state index contributed by atoms with van der Waals surface area (Å²) < 4.78 is 0. The second-order valence-electron chi connectivity index (χ2n) is 8.81. The van der Waals surface area contributed by atoms with Gasteiger partial charge in [-0.05, 0) is 63.4 Å². The fourth-order valence-corrected chi connectivity index (χ4v) is 6.09. The maximum Gasteiger partial charge on any atom is 0.155 e. The van der Waals surface area contributed by atoms with Gasteiger partial charge in [0.05, 0.1) is 5.60 Å². The first-order valence-corrected chi connectivity index (χ1v) is 8.95. The lowest BCUT2D eigenvalue weighted by atomic mass is 9.51. The van der Waals surface area contributed by atoms with Gasteiger partial charge in [0.1, 0.15) is 0 Å². The molecule has 0 heterocycles. The van der Waals surface area contributed by atoms with Crippen molar-refractivity contribution in [2.24, 2.45) is 22.7 Å². The first kappa shape index (κ1) is 14.7. The van der Waals surface area contributed by atoms with Crippen molar-refractivity contribution in [2.75, 3.05) is 0 Å². The Labute approximate surface area is 133 Å². The molecule has 2 heteroatoms. The van der Waals surface area contributed by atoms with Crippen LogP contribution in [0.25, 0.3) is 0 Å². The minimum atomic E-state index is -0.529. The average Bonchev–Trinajstić information content (AvgIpc) is 2.70. The summed E-state index contributed by atoms with van der Waals surface area (Å²) in [6, 6.07) is 0. The summed E-state index contributed by atoms with van der Waals surface area (Å²) in [6.07, 6.45) is 11.4. The van der Waals surface area contributed by atoms with Gasteiger partial charge in [0, 0.05) is 17.3 Å². The predicted octanol–water partition coefficient (Wildman–Crippen LogP) is 4.19. The molecule has 0 spiro atoms. The molecule has 0 radical (unpaired) electrons. The lowest BCUT2D eigenvalue weighted by molar-refractivity contribution is -0.115. The fourth-order valence-electron chi connectivity index (χ4n) is 6.09. The normalized spacial score (nSPS) is 50.6. The lowest BCUT2D eigenvalue weighted by Crippen LogP contribution is -2.49. The summed E-state index contributed by atoms with van der Waals surface area (Å²) in [5, 5.41) is 10.9. The molecule has 0 aromatic heterocycles. The summed E-state index contributed by atoms with van der Waals surface area (Å²) in [4.78, 5) is 11.8. The molecule has 0 aromatic carbocycles. The van der Waals surface area contributed by atoms with Crippen LogP contribution in [0.5, 0.6) is 0 Å². The van der Waals surface area contributed by atoms with Crippen LogP contribution in [-0.4, -0.2) is 16.5 Å². The van der Waals surface area contributed by atoms with Crippen molar-refractivity contribution in [2.45, 2.75) is 71.3 Å². The van der Waals surface area contributed by atoms with Crippen LogP contribution < -0.4 is 0 Å². The van der Waals surface area contributed by atoms with Crippen molar-refractivity contribution in [3.05, 3.63) is 23.3 Å². The van der Waals surface area contributed by atoms with Crippen LogP contribution in [0.3, 0.4) is 0 Å². The third-order valence-electron chi connectivity index (χ3n) is 7.90. The zero-order valence-corrected chi connectivity index (χ0v) is 14.1. The number of ketones is 1. The molecule has 1 N–H and O–H groups in total. The van der Waals surface area contributed by atoms with Crippen molar-refractivity contribution in [3.63, 3.8) is 0 Å². The summed E-state index contributed by atoms with van der Waals surface area (Å²) in [5.74, 6) is 1.54. The maximum absolute atomic E-state index is 11.8. The van der Waals surface area contributed by atoms with E-state index >= 15 is 0 Å². The van der Waals surface area contributed by atoms with E-state index in [0.29, 0.717) is 24.0 Å². The highest BCUT2D eigenvalue weighted by Gasteiger charge is 2.59. The molecule has 4 aliphatic carbocycles. The van der Waals surface area contributed by atoms with E-state index in [1.165, 1.54) is 5.57 Å². The molecular formula is C20H28O2. The SMILES string of the molecule is C[C@]12CCC(=O)C=C1CC[C@@H]1C2=CC[C@]2(C)[C@H]1CC[C@@]2(C)O. The van der Waals surface area contributed by atoms with E-state index in [4.69, 9.17) is 0 Å². The van der Waals surface area contributed by atoms with Gasteiger partial charge in [0.2, 0.25) is 0 Å². The molecule has 2 fully saturated rings. The van der Waals surface area contributed by atoms with Crippen LogP contribution in [0.15, 0.2) is 23.3 Å². The largest absolute Gasteiger partial charge is 0.390 e. The first-order chi connectivity index (χ1) is 10.3. The molecule has 0 amide bonds. The molecule has 0 aliphatic heterocycles. The van der Waals surface area contributed by atoms with Gasteiger partial charge in [-0.25, -0.2) is 0 Å². The Kier molecular flexibility index (Phi) is 2.90. The molecule has 0 aromatic rings. The molecule has 4 rings (SSSR count). The number of aliphatic hydroxyl groups is 1. The Balaban J connectivity index is 1.77. The highest BCUT2D eigenvalue weighted by atomic mass is 16.3. The Morgan fingerprint density at radius 2 is 1.91 bits per heavy atom. The topological polar surface area (TPSA) is 37.3 Å². The van der Waals surface area contributed by atoms with Gasteiger partial charge in [-0.2, -0.15) is 0 Å². The van der Waals surface area contributed by atoms with Gasteiger partial charge in [-0.15, -0.1) is 0 Å². The zero-order chi connectivity index (χ0) is 15.8. The van der Waals surface area contributed by atoms with Crippen LogP contribution in [0, 0.1) is 22.7 Å². The molecule has 22 heavy (non-hydrogen) atoms. The van der Waals surface area contributed by atoms with E-state index in [-0.39, 0.29) is 10.8 Å². The van der Waals surface area contributed by atoms with Crippen molar-refractivity contribution in [1.82, 2.24) is 0 Å². The molecule has 0 bridgehead atoms. The van der Waals surface area contributed by atoms with E-state index < -0.39 is 5.60 Å². The van der Waals surface area contributed by atoms with Crippen LogP contribution in [-0.2, 0) is 4.79 Å². The molecule has 2 saturated carbocycles. The van der Waals surface area contributed by atoms with E-state index in [0.717, 1.165) is 38.5 Å². The Bertz CT molecular complexity index is 597. The van der Waals surface area contributed by atoms with Gasteiger partial charge < -0.3 is 5.11 Å². The van der Waals surface area contributed by atoms with E-state index in [2.05, 4.69) is 19.9 Å². The maximum atomic E-state index is 11.8. The van der Waals surface area contributed by atoms with Gasteiger partial charge in [-0.1, -0.05) is 31.1 Å². The molecule has 0 saturated heterocycles. The van der Waals surface area contributed by atoms with Crippen LogP contribution in [0.1, 0.15) is 65.7 Å². The van der Waals surface area contributed by atoms with Crippen molar-refractivity contribution in [1.29, 1.82) is 0 Å². The number of carbonyl (C=O) groups excluding carboxylic acids is 1. The summed E-state index contributed by atoms with van der Waals surface area (Å²) >= 11 is 0. The Hall–Kier alpha value is -0.890. The van der Waals surface area contributed by atoms with Crippen molar-refractivity contribution >= 4 is 5.78 Å². The third kappa shape index (κ3) is 1.68. The van der Waals surface area contributed by atoms with Crippen molar-refractivity contribution < 1.29 is 9.90 Å².